The fourth-order valence-electron chi connectivity index (χ4n) is 11.0. The number of rotatable bonds is 8. The topological polar surface area (TPSA) is 16.4 Å². The summed E-state index contributed by atoms with van der Waals surface area (Å²) >= 11 is 1.91. The Morgan fingerprint density at radius 1 is 0.635 bits per heavy atom. The molecule has 2 aliphatic rings. The molecule has 0 radical (unpaired) electrons. The molecule has 10 aromatic rings. The monoisotopic (exact) mass is 829 g/mol. The van der Waals surface area contributed by atoms with E-state index in [0.29, 0.717) is 5.92 Å². The van der Waals surface area contributed by atoms with E-state index in [1.54, 1.807) is 0 Å². The smallest absolute Gasteiger partial charge is 0.135 e. The molecule has 3 unspecified atom stereocenters. The number of para-hydroxylation sites is 2. The third-order valence-corrected chi connectivity index (χ3v) is 15.3. The number of aryl methyl sites for hydroxylation is 1. The van der Waals surface area contributed by atoms with Crippen LogP contribution >= 0.6 is 11.3 Å². The SMILES string of the molecule is CCC(Cc1ccccc1-c1c(C)cccc1-c1cccc2c1C1(C)C=CC=CC1N2c1ccccc1)c1cc(-c2ccc3oc4ccccc4c3c2)c2sc3ccccc3c2c1. The fraction of sp³-hybridized carbons (Fsp3) is 0.133. The predicted molar refractivity (Wildman–Crippen MR) is 269 cm³/mol. The van der Waals surface area contributed by atoms with Crippen molar-refractivity contribution in [2.75, 3.05) is 4.90 Å². The van der Waals surface area contributed by atoms with Gasteiger partial charge in [-0.05, 0) is 143 Å². The Balaban J connectivity index is 0.994. The molecular weight excluding hydrogens is 783 g/mol. The summed E-state index contributed by atoms with van der Waals surface area (Å²) in [6.07, 6.45) is 11.2. The van der Waals surface area contributed by atoms with E-state index in [9.17, 15) is 0 Å². The maximum atomic E-state index is 6.29. The van der Waals surface area contributed by atoms with Crippen molar-refractivity contribution in [2.24, 2.45) is 0 Å². The van der Waals surface area contributed by atoms with E-state index >= 15 is 0 Å². The summed E-state index contributed by atoms with van der Waals surface area (Å²) in [5.74, 6) is 0.304. The lowest BCUT2D eigenvalue weighted by Crippen LogP contribution is -2.39. The van der Waals surface area contributed by atoms with Crippen LogP contribution in [0.15, 0.2) is 199 Å². The molecule has 3 heteroatoms. The normalized spacial score (nSPS) is 17.3. The molecule has 1 aliphatic heterocycles. The van der Waals surface area contributed by atoms with Crippen molar-refractivity contribution in [3.63, 3.8) is 0 Å². The minimum atomic E-state index is -0.207. The first-order valence-electron chi connectivity index (χ1n) is 22.4. The Morgan fingerprint density at radius 3 is 2.27 bits per heavy atom. The Bertz CT molecular complexity index is 3480. The summed E-state index contributed by atoms with van der Waals surface area (Å²) in [4.78, 5) is 2.55. The lowest BCUT2D eigenvalue weighted by atomic mass is 9.72. The molecule has 2 aromatic heterocycles. The van der Waals surface area contributed by atoms with Crippen LogP contribution in [0.4, 0.5) is 11.4 Å². The molecule has 1 aliphatic carbocycles. The van der Waals surface area contributed by atoms with Crippen molar-refractivity contribution in [3.8, 4) is 33.4 Å². The van der Waals surface area contributed by atoms with Crippen LogP contribution in [0.1, 0.15) is 48.4 Å². The summed E-state index contributed by atoms with van der Waals surface area (Å²) < 4.78 is 8.95. The zero-order chi connectivity index (χ0) is 42.2. The Morgan fingerprint density at radius 2 is 1.38 bits per heavy atom. The predicted octanol–water partition coefficient (Wildman–Crippen LogP) is 16.9. The van der Waals surface area contributed by atoms with Gasteiger partial charge in [0.15, 0.2) is 0 Å². The van der Waals surface area contributed by atoms with Gasteiger partial charge in [0.05, 0.1) is 6.04 Å². The second kappa shape index (κ2) is 14.9. The van der Waals surface area contributed by atoms with Crippen molar-refractivity contribution >= 4 is 64.8 Å². The van der Waals surface area contributed by atoms with E-state index in [1.807, 2.05) is 17.4 Å². The van der Waals surface area contributed by atoms with Crippen LogP contribution < -0.4 is 4.90 Å². The van der Waals surface area contributed by atoms with Crippen LogP contribution in [0.25, 0.3) is 75.5 Å². The highest BCUT2D eigenvalue weighted by Gasteiger charge is 2.48. The summed E-state index contributed by atoms with van der Waals surface area (Å²) in [6.45, 7) is 7.08. The Kier molecular flexibility index (Phi) is 8.91. The van der Waals surface area contributed by atoms with Gasteiger partial charge in [0.25, 0.3) is 0 Å². The van der Waals surface area contributed by atoms with Crippen LogP contribution in [0, 0.1) is 6.92 Å². The number of allylic oxidation sites excluding steroid dienone is 2. The van der Waals surface area contributed by atoms with Gasteiger partial charge in [-0.3, -0.25) is 0 Å². The highest BCUT2D eigenvalue weighted by molar-refractivity contribution is 7.26. The average molecular weight is 830 g/mol. The van der Waals surface area contributed by atoms with Gasteiger partial charge < -0.3 is 9.32 Å². The number of nitrogens with zero attached hydrogens (tertiary/aromatic N) is 1. The van der Waals surface area contributed by atoms with Crippen molar-refractivity contribution < 1.29 is 4.42 Å². The van der Waals surface area contributed by atoms with E-state index in [0.717, 1.165) is 34.8 Å². The lowest BCUT2D eigenvalue weighted by molar-refractivity contribution is 0.551. The molecule has 0 spiro atoms. The number of benzene rings is 8. The molecule has 12 rings (SSSR count). The minimum Gasteiger partial charge on any atom is -0.456 e. The largest absolute Gasteiger partial charge is 0.456 e. The lowest BCUT2D eigenvalue weighted by Gasteiger charge is -2.35. The first-order chi connectivity index (χ1) is 31.0. The fourth-order valence-corrected chi connectivity index (χ4v) is 12.2. The number of hydrogen-bond donors (Lipinski definition) is 0. The zero-order valence-corrected chi connectivity index (χ0v) is 36.6. The van der Waals surface area contributed by atoms with Crippen LogP contribution in [-0.2, 0) is 11.8 Å². The Hall–Kier alpha value is -6.94. The minimum absolute atomic E-state index is 0.176. The number of anilines is 2. The standard InChI is InChI=1S/C60H47NOS/c1-4-39(42-36-49(59-51(37-42)46-24-11-13-29-55(46)63-59)41-31-32-54-50(35-41)45-23-10-12-28-53(45)62-54)34-40-19-8-9-22-44(40)57-38(2)18-16-25-47(57)48-26-17-27-52-58(48)60(3)33-15-14-30-56(60)61(52)43-20-6-5-7-21-43/h5-33,35-37,39,56H,4,34H2,1-3H3. The van der Waals surface area contributed by atoms with E-state index in [2.05, 4.69) is 214 Å². The first kappa shape index (κ1) is 37.8. The van der Waals surface area contributed by atoms with Gasteiger partial charge in [-0.2, -0.15) is 0 Å². The highest BCUT2D eigenvalue weighted by Crippen LogP contribution is 2.56. The number of hydrogen-bond acceptors (Lipinski definition) is 3. The molecule has 0 saturated carbocycles. The van der Waals surface area contributed by atoms with E-state index in [1.165, 1.54) is 87.2 Å². The number of fused-ring (bicyclic) bond motifs is 9. The molecular formula is C60H47NOS. The molecule has 63 heavy (non-hydrogen) atoms. The molecule has 0 N–H and O–H groups in total. The third-order valence-electron chi connectivity index (χ3n) is 14.1. The average Bonchev–Trinajstić information content (AvgIpc) is 3.98. The molecule has 8 aromatic carbocycles. The summed E-state index contributed by atoms with van der Waals surface area (Å²) in [6, 6.07) is 63.2. The highest BCUT2D eigenvalue weighted by atomic mass is 32.1. The molecule has 0 saturated heterocycles. The van der Waals surface area contributed by atoms with Gasteiger partial charge in [0.2, 0.25) is 0 Å². The second-order valence-electron chi connectivity index (χ2n) is 17.7. The van der Waals surface area contributed by atoms with Crippen LogP contribution in [-0.4, -0.2) is 6.04 Å². The maximum Gasteiger partial charge on any atom is 0.135 e. The quantitative estimate of drug-likeness (QED) is 0.152. The first-order valence-corrected chi connectivity index (χ1v) is 23.2. The van der Waals surface area contributed by atoms with Gasteiger partial charge in [0, 0.05) is 47.7 Å². The van der Waals surface area contributed by atoms with Crippen LogP contribution in [0.3, 0.4) is 0 Å². The van der Waals surface area contributed by atoms with E-state index in [-0.39, 0.29) is 11.5 Å². The van der Waals surface area contributed by atoms with Crippen molar-refractivity contribution in [1.82, 2.24) is 0 Å². The van der Waals surface area contributed by atoms with Crippen LogP contribution in [0.5, 0.6) is 0 Å². The van der Waals surface area contributed by atoms with Gasteiger partial charge in [0.1, 0.15) is 11.2 Å². The molecule has 2 nitrogen and oxygen atoms in total. The summed E-state index contributed by atoms with van der Waals surface area (Å²) in [5, 5.41) is 4.99. The van der Waals surface area contributed by atoms with Gasteiger partial charge in [-0.25, -0.2) is 0 Å². The number of furan rings is 1. The van der Waals surface area contributed by atoms with Crippen LogP contribution in [0.2, 0.25) is 0 Å². The molecule has 0 fully saturated rings. The van der Waals surface area contributed by atoms with Gasteiger partial charge >= 0.3 is 0 Å². The van der Waals surface area contributed by atoms with Crippen molar-refractivity contribution in [3.05, 3.63) is 216 Å². The maximum absolute atomic E-state index is 6.29. The second-order valence-corrected chi connectivity index (χ2v) is 18.7. The summed E-state index contributed by atoms with van der Waals surface area (Å²) in [7, 11) is 0. The molecule has 0 bridgehead atoms. The van der Waals surface area contributed by atoms with Gasteiger partial charge in [-0.1, -0.05) is 146 Å². The molecule has 3 heterocycles. The molecule has 3 atom stereocenters. The Labute approximate surface area is 373 Å². The van der Waals surface area contributed by atoms with E-state index in [4.69, 9.17) is 4.42 Å². The molecule has 0 amide bonds. The zero-order valence-electron chi connectivity index (χ0n) is 35.8. The van der Waals surface area contributed by atoms with Gasteiger partial charge in [-0.15, -0.1) is 11.3 Å². The van der Waals surface area contributed by atoms with Crippen molar-refractivity contribution in [2.45, 2.75) is 51.0 Å². The van der Waals surface area contributed by atoms with Crippen molar-refractivity contribution in [1.29, 1.82) is 0 Å². The number of thiophene rings is 1. The third kappa shape index (κ3) is 5.98. The molecule has 304 valence electrons. The summed E-state index contributed by atoms with van der Waals surface area (Å²) in [5.41, 5.74) is 17.4. The van der Waals surface area contributed by atoms with E-state index < -0.39 is 0 Å².